The molecule has 0 aliphatic carbocycles. The third-order valence-corrected chi connectivity index (χ3v) is 1.43. The first-order valence-corrected chi connectivity index (χ1v) is 5.14. The van der Waals surface area contributed by atoms with Crippen LogP contribution < -0.4 is 0 Å². The van der Waals surface area contributed by atoms with Crippen molar-refractivity contribution in [1.29, 1.82) is 0 Å². The van der Waals surface area contributed by atoms with Crippen LogP contribution in [0.3, 0.4) is 0 Å². The molecule has 0 radical (unpaired) electrons. The van der Waals surface area contributed by atoms with Crippen molar-refractivity contribution in [2.75, 3.05) is 0 Å². The van der Waals surface area contributed by atoms with Crippen molar-refractivity contribution < 1.29 is 17.5 Å². The van der Waals surface area contributed by atoms with Crippen LogP contribution in [0.25, 0.3) is 0 Å². The molecule has 0 N–H and O–H groups in total. The van der Waals surface area contributed by atoms with Gasteiger partial charge in [-0.1, -0.05) is 0 Å². The van der Waals surface area contributed by atoms with Gasteiger partial charge in [-0.25, -0.2) is 0 Å². The molecule has 0 aliphatic rings. The Labute approximate surface area is 57.2 Å². The van der Waals surface area contributed by atoms with Crippen LogP contribution in [0.15, 0.2) is 0 Å². The zero-order chi connectivity index (χ0) is 6.99. The Balaban J connectivity index is 0. The zero-order valence-electron chi connectivity index (χ0n) is 3.86. The van der Waals surface area contributed by atoms with E-state index in [1.807, 2.05) is 0 Å². The maximum atomic E-state index is 9.67. The van der Waals surface area contributed by atoms with Gasteiger partial charge in [0, 0.05) is 0 Å². The second kappa shape index (κ2) is 10.3. The Bertz CT molecular complexity index is 94.2. The average molecular weight is 162 g/mol. The summed E-state index contributed by atoms with van der Waals surface area (Å²) in [7, 11) is -2.93. The fraction of sp³-hybridized carbons (Fsp3) is 0. The Kier molecular flexibility index (Phi) is 14.4. The van der Waals surface area contributed by atoms with Crippen molar-refractivity contribution in [3.8, 4) is 0 Å². The van der Waals surface area contributed by atoms with Gasteiger partial charge in [-0.15, -0.1) is 0 Å². The molecule has 0 fully saturated rings. The number of rotatable bonds is 2. The van der Waals surface area contributed by atoms with E-state index in [1.54, 1.807) is 0 Å². The third kappa shape index (κ3) is 9.58. The van der Waals surface area contributed by atoms with Crippen molar-refractivity contribution in [1.82, 2.24) is 0 Å². The first-order chi connectivity index (χ1) is 3.81. The third-order valence-electron chi connectivity index (χ3n) is 0.191. The Morgan fingerprint density at radius 3 is 1.88 bits per heavy atom. The molecule has 0 spiro atoms. The van der Waals surface area contributed by atoms with E-state index < -0.39 is 16.2 Å². The summed E-state index contributed by atoms with van der Waals surface area (Å²) in [5.74, 6) is 0. The molecule has 0 aromatic heterocycles. The van der Waals surface area contributed by atoms with Crippen LogP contribution in [-0.2, 0) is 17.5 Å². The molecule has 0 heterocycles. The molecule has 0 aromatic rings. The monoisotopic (exact) mass is 162 g/mol. The van der Waals surface area contributed by atoms with Crippen LogP contribution in [0.5, 0.6) is 0 Å². The van der Waals surface area contributed by atoms with E-state index in [0.29, 0.717) is 16.2 Å². The van der Waals surface area contributed by atoms with Crippen LogP contribution in [-0.4, -0.2) is 31.2 Å². The van der Waals surface area contributed by atoms with E-state index in [2.05, 4.69) is 0 Å². The molecule has 0 aromatic carbocycles. The van der Waals surface area contributed by atoms with Gasteiger partial charge in [0.2, 0.25) is 0 Å². The normalized spacial score (nSPS) is 5.88. The molecular weight excluding hydrogens is 161 g/mol. The van der Waals surface area contributed by atoms with Crippen molar-refractivity contribution >= 4 is 39.2 Å². The van der Waals surface area contributed by atoms with Gasteiger partial charge in [0.1, 0.15) is 0 Å². The van der Waals surface area contributed by atoms with Gasteiger partial charge < -0.3 is 0 Å². The quantitative estimate of drug-likeness (QED) is 0.384. The minimum atomic E-state index is -2.38. The Hall–Kier alpha value is 0.314. The standard InChI is InChI=1S/Al.BO3PSi.O.H/c;2-1-6(4)5-3;;. The van der Waals surface area contributed by atoms with Crippen LogP contribution in [0.4, 0.5) is 0 Å². The molecule has 0 aliphatic heterocycles. The van der Waals surface area contributed by atoms with Gasteiger partial charge in [0.25, 0.3) is 0 Å². The van der Waals surface area contributed by atoms with Gasteiger partial charge in [-0.2, -0.15) is 0 Å². The fourth-order valence-corrected chi connectivity index (χ4v) is 0.194. The van der Waals surface area contributed by atoms with E-state index in [4.69, 9.17) is 3.80 Å². The fourth-order valence-electron chi connectivity index (χ4n) is 0.0215. The predicted molar refractivity (Wildman–Crippen MR) is 28.3 cm³/mol. The molecule has 8 heavy (non-hydrogen) atoms. The SMILES string of the molecule is O=B[Si](=O)P=O.[O]=[AlH]. The van der Waals surface area contributed by atoms with Gasteiger partial charge in [0.15, 0.2) is 0 Å². The van der Waals surface area contributed by atoms with Crippen molar-refractivity contribution in [2.24, 2.45) is 0 Å². The van der Waals surface area contributed by atoms with Gasteiger partial charge in [-0.05, 0) is 0 Å². The van der Waals surface area contributed by atoms with E-state index in [1.165, 1.54) is 0 Å². The molecule has 40 valence electrons. The van der Waals surface area contributed by atoms with Crippen LogP contribution >= 0.6 is 8.01 Å². The van der Waals surface area contributed by atoms with Crippen molar-refractivity contribution in [3.05, 3.63) is 0 Å². The molecule has 8 heteroatoms. The predicted octanol–water partition coefficient (Wildman–Crippen LogP) is -1.02. The van der Waals surface area contributed by atoms with Gasteiger partial charge >= 0.3 is 56.7 Å². The molecular formula is HAlBO4PSi. The first kappa shape index (κ1) is 11.2. The second-order valence-electron chi connectivity index (χ2n) is 0.547. The first-order valence-electron chi connectivity index (χ1n) is 1.42. The van der Waals surface area contributed by atoms with E-state index in [-0.39, 0.29) is 6.74 Å². The summed E-state index contributed by atoms with van der Waals surface area (Å²) < 4.78 is 36.5. The topological polar surface area (TPSA) is 68.3 Å². The average Bonchev–Trinajstić information content (AvgIpc) is 1.91. The van der Waals surface area contributed by atoms with Crippen molar-refractivity contribution in [3.63, 3.8) is 0 Å². The van der Waals surface area contributed by atoms with Gasteiger partial charge in [-0.3, -0.25) is 0 Å². The summed E-state index contributed by atoms with van der Waals surface area (Å²) in [5.41, 5.74) is 0. The van der Waals surface area contributed by atoms with Crippen LogP contribution in [0.2, 0.25) is 0 Å². The number of hydrogen-bond acceptors (Lipinski definition) is 4. The van der Waals surface area contributed by atoms with E-state index in [9.17, 15) is 13.7 Å². The molecule has 0 saturated heterocycles. The Morgan fingerprint density at radius 1 is 1.50 bits per heavy atom. The van der Waals surface area contributed by atoms with E-state index in [0.717, 1.165) is 0 Å². The molecule has 0 saturated carbocycles. The summed E-state index contributed by atoms with van der Waals surface area (Å²) >= 11 is 0.611. The second-order valence-corrected chi connectivity index (χ2v) is 3.51. The summed E-state index contributed by atoms with van der Waals surface area (Å²) in [6.07, 6.45) is 0. The molecule has 0 amide bonds. The molecule has 0 atom stereocenters. The summed E-state index contributed by atoms with van der Waals surface area (Å²) in [6, 6.07) is 0. The minimum absolute atomic E-state index is 0.194. The zero-order valence-corrected chi connectivity index (χ0v) is 7.17. The van der Waals surface area contributed by atoms with Crippen molar-refractivity contribution in [2.45, 2.75) is 0 Å². The Morgan fingerprint density at radius 2 is 1.88 bits per heavy atom. The van der Waals surface area contributed by atoms with E-state index >= 15 is 0 Å². The molecule has 4 nitrogen and oxygen atoms in total. The van der Waals surface area contributed by atoms with Crippen LogP contribution in [0, 0.1) is 0 Å². The molecule has 0 bridgehead atoms. The summed E-state index contributed by atoms with van der Waals surface area (Å²) in [4.78, 5) is 0. The van der Waals surface area contributed by atoms with Gasteiger partial charge in [0.05, 0.1) is 0 Å². The summed E-state index contributed by atoms with van der Waals surface area (Å²) in [5, 5.41) is 0. The van der Waals surface area contributed by atoms with Crippen LogP contribution in [0.1, 0.15) is 0 Å². The summed E-state index contributed by atoms with van der Waals surface area (Å²) in [6.45, 7) is 0.194. The maximum absolute atomic E-state index is 9.67. The number of hydrogen-bond donors (Lipinski definition) is 0. The molecule has 0 unspecified atom stereocenters. The molecule has 0 rings (SSSR count).